The van der Waals surface area contributed by atoms with Crippen LogP contribution in [0.15, 0.2) is 58.1 Å². The normalized spacial score (nSPS) is 10.8. The number of fused-ring (bicyclic) bond motifs is 1. The minimum Gasteiger partial charge on any atom is -0.347 e. The summed E-state index contributed by atoms with van der Waals surface area (Å²) in [6, 6.07) is 14.0. The molecule has 33 heavy (non-hydrogen) atoms. The molecular formula is C21H20N8O4. The Balaban J connectivity index is 1.25. The molecule has 12 nitrogen and oxygen atoms in total. The van der Waals surface area contributed by atoms with Crippen molar-refractivity contribution in [1.82, 2.24) is 35.7 Å². The fourth-order valence-electron chi connectivity index (χ4n) is 3.22. The third-order valence-electron chi connectivity index (χ3n) is 4.79. The summed E-state index contributed by atoms with van der Waals surface area (Å²) in [5.74, 6) is -0.340. The van der Waals surface area contributed by atoms with Gasteiger partial charge in [0.15, 0.2) is 0 Å². The number of aromatic nitrogens is 6. The SMILES string of the molecule is O=C(CCCn1nnc(-c2ccccc2)n1)NCC(=O)Nc1cccc2c(=O)[nH][nH]c(=O)c12. The topological polar surface area (TPSA) is 168 Å². The van der Waals surface area contributed by atoms with Gasteiger partial charge in [-0.1, -0.05) is 36.4 Å². The number of aromatic amines is 2. The van der Waals surface area contributed by atoms with E-state index in [2.05, 4.69) is 36.2 Å². The molecule has 0 aliphatic carbocycles. The van der Waals surface area contributed by atoms with Gasteiger partial charge in [-0.2, -0.15) is 4.80 Å². The molecular weight excluding hydrogens is 428 g/mol. The summed E-state index contributed by atoms with van der Waals surface area (Å²) in [5.41, 5.74) is 0.0179. The monoisotopic (exact) mass is 448 g/mol. The maximum Gasteiger partial charge on any atom is 0.272 e. The number of nitrogens with zero attached hydrogens (tertiary/aromatic N) is 4. The van der Waals surface area contributed by atoms with Crippen molar-refractivity contribution in [2.24, 2.45) is 0 Å². The van der Waals surface area contributed by atoms with Crippen molar-refractivity contribution in [3.8, 4) is 11.4 Å². The molecule has 4 rings (SSSR count). The molecule has 0 aliphatic heterocycles. The lowest BCUT2D eigenvalue weighted by atomic mass is 10.1. The Bertz CT molecular complexity index is 1410. The molecule has 0 fully saturated rings. The maximum absolute atomic E-state index is 12.2. The van der Waals surface area contributed by atoms with Crippen LogP contribution < -0.4 is 21.8 Å². The molecule has 4 aromatic rings. The van der Waals surface area contributed by atoms with Crippen LogP contribution in [0.5, 0.6) is 0 Å². The van der Waals surface area contributed by atoms with E-state index in [0.717, 1.165) is 5.56 Å². The first kappa shape index (κ1) is 21.6. The number of carbonyl (C=O) groups is 2. The number of amides is 2. The Morgan fingerprint density at radius 1 is 0.939 bits per heavy atom. The predicted octanol–water partition coefficient (Wildman–Crippen LogP) is 0.405. The van der Waals surface area contributed by atoms with Gasteiger partial charge >= 0.3 is 0 Å². The van der Waals surface area contributed by atoms with E-state index >= 15 is 0 Å². The molecule has 0 atom stereocenters. The van der Waals surface area contributed by atoms with Gasteiger partial charge in [0.25, 0.3) is 11.1 Å². The summed E-state index contributed by atoms with van der Waals surface area (Å²) in [4.78, 5) is 49.6. The zero-order chi connectivity index (χ0) is 23.2. The molecule has 2 amide bonds. The fourth-order valence-corrected chi connectivity index (χ4v) is 3.22. The van der Waals surface area contributed by atoms with Crippen molar-refractivity contribution in [3.05, 3.63) is 69.2 Å². The highest BCUT2D eigenvalue weighted by molar-refractivity contribution is 6.02. The van der Waals surface area contributed by atoms with Crippen LogP contribution in [-0.4, -0.2) is 48.8 Å². The average molecular weight is 448 g/mol. The van der Waals surface area contributed by atoms with Crippen molar-refractivity contribution in [2.75, 3.05) is 11.9 Å². The van der Waals surface area contributed by atoms with E-state index in [4.69, 9.17) is 0 Å². The summed E-state index contributed by atoms with van der Waals surface area (Å²) in [6.45, 7) is 0.114. The first-order chi connectivity index (χ1) is 16.0. The summed E-state index contributed by atoms with van der Waals surface area (Å²) < 4.78 is 0. The number of benzene rings is 2. The second kappa shape index (κ2) is 9.68. The Kier molecular flexibility index (Phi) is 6.34. The first-order valence-corrected chi connectivity index (χ1v) is 10.1. The van der Waals surface area contributed by atoms with Gasteiger partial charge in [0.2, 0.25) is 17.6 Å². The van der Waals surface area contributed by atoms with Crippen molar-refractivity contribution >= 4 is 28.3 Å². The predicted molar refractivity (Wildman–Crippen MR) is 119 cm³/mol. The molecule has 2 heterocycles. The van der Waals surface area contributed by atoms with Gasteiger partial charge in [0.05, 0.1) is 29.5 Å². The van der Waals surface area contributed by atoms with Crippen molar-refractivity contribution in [1.29, 1.82) is 0 Å². The van der Waals surface area contributed by atoms with Gasteiger partial charge in [-0.3, -0.25) is 29.4 Å². The number of tetrazole rings is 1. The zero-order valence-corrected chi connectivity index (χ0v) is 17.4. The van der Waals surface area contributed by atoms with Crippen LogP contribution in [-0.2, 0) is 16.1 Å². The summed E-state index contributed by atoms with van der Waals surface area (Å²) in [5, 5.41) is 22.0. The van der Waals surface area contributed by atoms with Gasteiger partial charge in [-0.15, -0.1) is 10.2 Å². The van der Waals surface area contributed by atoms with Gasteiger partial charge in [0, 0.05) is 12.0 Å². The number of aryl methyl sites for hydroxylation is 1. The van der Waals surface area contributed by atoms with E-state index in [1.54, 1.807) is 6.07 Å². The molecule has 0 bridgehead atoms. The van der Waals surface area contributed by atoms with E-state index in [1.807, 2.05) is 30.3 Å². The maximum atomic E-state index is 12.2. The number of hydrogen-bond donors (Lipinski definition) is 4. The van der Waals surface area contributed by atoms with Crippen LogP contribution in [0.2, 0.25) is 0 Å². The van der Waals surface area contributed by atoms with Crippen LogP contribution in [0.3, 0.4) is 0 Å². The van der Waals surface area contributed by atoms with Crippen LogP contribution in [0.1, 0.15) is 12.8 Å². The molecule has 0 unspecified atom stereocenters. The van der Waals surface area contributed by atoms with Gasteiger partial charge < -0.3 is 10.6 Å². The molecule has 2 aromatic carbocycles. The molecule has 4 N–H and O–H groups in total. The number of anilines is 1. The van der Waals surface area contributed by atoms with Gasteiger partial charge in [0.1, 0.15) is 0 Å². The summed E-state index contributed by atoms with van der Waals surface area (Å²) >= 11 is 0. The molecule has 0 saturated heterocycles. The van der Waals surface area contributed by atoms with E-state index in [0.29, 0.717) is 18.8 Å². The molecule has 0 aliphatic rings. The Labute approximate surface area is 186 Å². The van der Waals surface area contributed by atoms with Crippen LogP contribution in [0, 0.1) is 0 Å². The van der Waals surface area contributed by atoms with E-state index < -0.39 is 17.0 Å². The molecule has 168 valence electrons. The second-order valence-corrected chi connectivity index (χ2v) is 7.14. The molecule has 0 saturated carbocycles. The molecule has 0 spiro atoms. The minimum absolute atomic E-state index is 0.0659. The van der Waals surface area contributed by atoms with Crippen molar-refractivity contribution in [2.45, 2.75) is 19.4 Å². The summed E-state index contributed by atoms with van der Waals surface area (Å²) in [6.07, 6.45) is 0.623. The highest BCUT2D eigenvalue weighted by atomic mass is 16.2. The van der Waals surface area contributed by atoms with Crippen LogP contribution in [0.4, 0.5) is 5.69 Å². The highest BCUT2D eigenvalue weighted by Crippen LogP contribution is 2.16. The zero-order valence-electron chi connectivity index (χ0n) is 17.4. The lowest BCUT2D eigenvalue weighted by Crippen LogP contribution is -2.33. The number of carbonyl (C=O) groups excluding carboxylic acids is 2. The molecule has 0 radical (unpaired) electrons. The van der Waals surface area contributed by atoms with Crippen LogP contribution >= 0.6 is 0 Å². The van der Waals surface area contributed by atoms with Gasteiger partial charge in [-0.25, -0.2) is 0 Å². The lowest BCUT2D eigenvalue weighted by Gasteiger charge is -2.09. The largest absolute Gasteiger partial charge is 0.347 e. The Morgan fingerprint density at radius 2 is 1.73 bits per heavy atom. The molecule has 2 aromatic heterocycles. The lowest BCUT2D eigenvalue weighted by molar-refractivity contribution is -0.124. The van der Waals surface area contributed by atoms with E-state index in [-0.39, 0.29) is 35.3 Å². The quantitative estimate of drug-likeness (QED) is 0.303. The van der Waals surface area contributed by atoms with E-state index in [9.17, 15) is 19.2 Å². The highest BCUT2D eigenvalue weighted by Gasteiger charge is 2.12. The number of nitrogens with one attached hydrogen (secondary N) is 4. The standard InChI is InChI=1S/C21H20N8O4/c30-16(10-5-11-29-27-19(24-28-29)13-6-2-1-3-7-13)22-12-17(31)23-15-9-4-8-14-18(15)21(33)26-25-20(14)32/h1-4,6-9H,5,10-12H2,(H,22,30)(H,23,31)(H,25,32)(H,26,33). The fraction of sp³-hybridized carbons (Fsp3) is 0.190. The third-order valence-corrected chi connectivity index (χ3v) is 4.79. The number of hydrogen-bond acceptors (Lipinski definition) is 7. The van der Waals surface area contributed by atoms with E-state index in [1.165, 1.54) is 16.9 Å². The molecule has 12 heteroatoms. The Morgan fingerprint density at radius 3 is 2.55 bits per heavy atom. The van der Waals surface area contributed by atoms with Crippen molar-refractivity contribution in [3.63, 3.8) is 0 Å². The smallest absolute Gasteiger partial charge is 0.272 e. The Hall–Kier alpha value is -4.61. The third kappa shape index (κ3) is 5.18. The van der Waals surface area contributed by atoms with Crippen molar-refractivity contribution < 1.29 is 9.59 Å². The average Bonchev–Trinajstić information content (AvgIpc) is 3.30. The van der Waals surface area contributed by atoms with Gasteiger partial charge in [-0.05, 0) is 23.8 Å². The summed E-state index contributed by atoms with van der Waals surface area (Å²) in [7, 11) is 0. The first-order valence-electron chi connectivity index (χ1n) is 10.1. The number of H-pyrrole nitrogens is 2. The van der Waals surface area contributed by atoms with Crippen LogP contribution in [0.25, 0.3) is 22.2 Å². The second-order valence-electron chi connectivity index (χ2n) is 7.14. The minimum atomic E-state index is -0.540. The number of rotatable bonds is 8.